The molecule has 0 spiro atoms. The molecule has 1 fully saturated rings. The summed E-state index contributed by atoms with van der Waals surface area (Å²) in [6.07, 6.45) is 3.12. The lowest BCUT2D eigenvalue weighted by Gasteiger charge is -2.31. The molecule has 1 saturated carbocycles. The normalized spacial score (nSPS) is 19.1. The van der Waals surface area contributed by atoms with Gasteiger partial charge in [0.1, 0.15) is 0 Å². The van der Waals surface area contributed by atoms with E-state index in [0.29, 0.717) is 13.1 Å². The maximum absolute atomic E-state index is 13.0. The van der Waals surface area contributed by atoms with Gasteiger partial charge in [-0.25, -0.2) is 0 Å². The summed E-state index contributed by atoms with van der Waals surface area (Å²) in [6.45, 7) is 5.41. The maximum Gasteiger partial charge on any atom is 0.227 e. The highest BCUT2D eigenvalue weighted by Gasteiger charge is 2.31. The van der Waals surface area contributed by atoms with E-state index in [1.54, 1.807) is 0 Å². The second-order valence-corrected chi connectivity index (χ2v) is 7.75. The molecule has 28 heavy (non-hydrogen) atoms. The van der Waals surface area contributed by atoms with E-state index in [4.69, 9.17) is 0 Å². The fraction of sp³-hybridized carbons (Fsp3) is 0.417. The molecule has 2 aromatic rings. The highest BCUT2D eigenvalue weighted by Crippen LogP contribution is 2.31. The van der Waals surface area contributed by atoms with Crippen molar-refractivity contribution in [3.63, 3.8) is 0 Å². The van der Waals surface area contributed by atoms with Crippen molar-refractivity contribution in [2.24, 2.45) is 11.8 Å². The van der Waals surface area contributed by atoms with Crippen molar-refractivity contribution in [2.45, 2.75) is 46.1 Å². The molecule has 0 bridgehead atoms. The van der Waals surface area contributed by atoms with Gasteiger partial charge in [-0.2, -0.15) is 0 Å². The zero-order chi connectivity index (χ0) is 19.9. The molecule has 0 radical (unpaired) electrons. The Hall–Kier alpha value is -2.62. The average molecular weight is 379 g/mol. The summed E-state index contributed by atoms with van der Waals surface area (Å²) in [5, 5.41) is 3.03. The molecule has 2 aromatic carbocycles. The molecule has 4 nitrogen and oxygen atoms in total. The molecule has 0 heterocycles. The van der Waals surface area contributed by atoms with Gasteiger partial charge in [-0.15, -0.1) is 0 Å². The molecule has 1 aliphatic rings. The van der Waals surface area contributed by atoms with Crippen molar-refractivity contribution < 1.29 is 9.59 Å². The second-order valence-electron chi connectivity index (χ2n) is 7.75. The van der Waals surface area contributed by atoms with Gasteiger partial charge in [-0.05, 0) is 62.8 Å². The highest BCUT2D eigenvalue weighted by molar-refractivity contribution is 5.92. The minimum absolute atomic E-state index is 0.00578. The van der Waals surface area contributed by atoms with Gasteiger partial charge in [-0.1, -0.05) is 42.5 Å². The summed E-state index contributed by atoms with van der Waals surface area (Å²) in [6, 6.07) is 18.0. The topological polar surface area (TPSA) is 49.4 Å². The quantitative estimate of drug-likeness (QED) is 0.786. The molecule has 0 saturated heterocycles. The number of anilines is 1. The first-order chi connectivity index (χ1) is 13.6. The van der Waals surface area contributed by atoms with E-state index in [1.165, 1.54) is 0 Å². The Kier molecular flexibility index (Phi) is 6.85. The van der Waals surface area contributed by atoms with Crippen LogP contribution in [0.5, 0.6) is 0 Å². The standard InChI is InChI=1S/C24H30N2O2/c1-3-26(17-19-9-5-4-6-10-19)24(28)21-14-12-20(13-15-21)23(27)25-22-11-7-8-18(2)16-22/h4-11,16,20-21H,3,12-15,17H2,1-2H3,(H,25,27). The van der Waals surface area contributed by atoms with Gasteiger partial charge >= 0.3 is 0 Å². The summed E-state index contributed by atoms with van der Waals surface area (Å²) in [4.78, 5) is 27.5. The van der Waals surface area contributed by atoms with Crippen LogP contribution in [0.3, 0.4) is 0 Å². The molecule has 3 rings (SSSR count). The molecule has 4 heteroatoms. The maximum atomic E-state index is 13.0. The number of aryl methyl sites for hydroxylation is 1. The van der Waals surface area contributed by atoms with Crippen LogP contribution in [0.2, 0.25) is 0 Å². The fourth-order valence-electron chi connectivity index (χ4n) is 3.98. The summed E-state index contributed by atoms with van der Waals surface area (Å²) < 4.78 is 0. The van der Waals surface area contributed by atoms with E-state index in [2.05, 4.69) is 17.4 Å². The Labute approximate surface area is 167 Å². The van der Waals surface area contributed by atoms with Crippen LogP contribution < -0.4 is 5.32 Å². The van der Waals surface area contributed by atoms with E-state index in [0.717, 1.165) is 42.5 Å². The van der Waals surface area contributed by atoms with Crippen LogP contribution in [0, 0.1) is 18.8 Å². The van der Waals surface area contributed by atoms with Crippen molar-refractivity contribution in [1.29, 1.82) is 0 Å². The van der Waals surface area contributed by atoms with Crippen molar-refractivity contribution in [3.8, 4) is 0 Å². The molecular weight excluding hydrogens is 348 g/mol. The number of carbonyl (C=O) groups excluding carboxylic acids is 2. The van der Waals surface area contributed by atoms with Gasteiger partial charge in [0.05, 0.1) is 0 Å². The summed E-state index contributed by atoms with van der Waals surface area (Å²) in [5.74, 6) is 0.331. The lowest BCUT2D eigenvalue weighted by molar-refractivity contribution is -0.138. The molecular formula is C24H30N2O2. The van der Waals surface area contributed by atoms with Crippen LogP contribution in [0.4, 0.5) is 5.69 Å². The Morgan fingerprint density at radius 2 is 1.64 bits per heavy atom. The average Bonchev–Trinajstić information content (AvgIpc) is 2.72. The minimum Gasteiger partial charge on any atom is -0.338 e. The van der Waals surface area contributed by atoms with Gasteiger partial charge in [0, 0.05) is 30.6 Å². The third kappa shape index (κ3) is 5.22. The summed E-state index contributed by atoms with van der Waals surface area (Å²) >= 11 is 0. The number of amides is 2. The highest BCUT2D eigenvalue weighted by atomic mass is 16.2. The van der Waals surface area contributed by atoms with Crippen molar-refractivity contribution in [3.05, 3.63) is 65.7 Å². The number of benzene rings is 2. The zero-order valence-electron chi connectivity index (χ0n) is 16.9. The zero-order valence-corrected chi connectivity index (χ0v) is 16.9. The SMILES string of the molecule is CCN(Cc1ccccc1)C(=O)C1CCC(C(=O)Nc2cccc(C)c2)CC1. The molecule has 1 N–H and O–H groups in total. The Morgan fingerprint density at radius 1 is 0.964 bits per heavy atom. The number of nitrogens with zero attached hydrogens (tertiary/aromatic N) is 1. The summed E-state index contributed by atoms with van der Waals surface area (Å²) in [5.41, 5.74) is 3.14. The Balaban J connectivity index is 1.52. The predicted molar refractivity (Wildman–Crippen MR) is 113 cm³/mol. The lowest BCUT2D eigenvalue weighted by Crippen LogP contribution is -2.38. The van der Waals surface area contributed by atoms with Crippen LogP contribution >= 0.6 is 0 Å². The molecule has 0 atom stereocenters. The van der Waals surface area contributed by atoms with Crippen LogP contribution in [-0.4, -0.2) is 23.3 Å². The van der Waals surface area contributed by atoms with E-state index in [1.807, 2.05) is 61.2 Å². The minimum atomic E-state index is -0.00578. The number of nitrogens with one attached hydrogen (secondary N) is 1. The van der Waals surface area contributed by atoms with Crippen LogP contribution in [-0.2, 0) is 16.1 Å². The number of rotatable bonds is 6. The smallest absolute Gasteiger partial charge is 0.227 e. The van der Waals surface area contributed by atoms with E-state index in [9.17, 15) is 9.59 Å². The van der Waals surface area contributed by atoms with Crippen molar-refractivity contribution >= 4 is 17.5 Å². The number of hydrogen-bond acceptors (Lipinski definition) is 2. The Morgan fingerprint density at radius 3 is 2.29 bits per heavy atom. The molecule has 0 unspecified atom stereocenters. The van der Waals surface area contributed by atoms with Gasteiger partial charge in [0.2, 0.25) is 11.8 Å². The van der Waals surface area contributed by atoms with Crippen LogP contribution in [0.1, 0.15) is 43.7 Å². The van der Waals surface area contributed by atoms with E-state index < -0.39 is 0 Å². The largest absolute Gasteiger partial charge is 0.338 e. The lowest BCUT2D eigenvalue weighted by atomic mass is 9.80. The van der Waals surface area contributed by atoms with E-state index in [-0.39, 0.29) is 23.7 Å². The molecule has 1 aliphatic carbocycles. The second kappa shape index (κ2) is 9.54. The molecule has 0 aliphatic heterocycles. The predicted octanol–water partition coefficient (Wildman–Crippen LogP) is 4.79. The Bertz CT molecular complexity index is 795. The third-order valence-corrected chi connectivity index (χ3v) is 5.64. The van der Waals surface area contributed by atoms with Crippen LogP contribution in [0.25, 0.3) is 0 Å². The molecule has 0 aromatic heterocycles. The number of carbonyl (C=O) groups is 2. The first-order valence-electron chi connectivity index (χ1n) is 10.3. The fourth-order valence-corrected chi connectivity index (χ4v) is 3.98. The first-order valence-corrected chi connectivity index (χ1v) is 10.3. The number of hydrogen-bond donors (Lipinski definition) is 1. The van der Waals surface area contributed by atoms with Crippen molar-refractivity contribution in [1.82, 2.24) is 4.90 Å². The van der Waals surface area contributed by atoms with Gasteiger partial charge in [0.15, 0.2) is 0 Å². The van der Waals surface area contributed by atoms with Gasteiger partial charge in [0.25, 0.3) is 0 Å². The van der Waals surface area contributed by atoms with E-state index >= 15 is 0 Å². The molecule has 2 amide bonds. The molecule has 148 valence electrons. The first kappa shape index (κ1) is 20.1. The monoisotopic (exact) mass is 378 g/mol. The van der Waals surface area contributed by atoms with Crippen molar-refractivity contribution in [2.75, 3.05) is 11.9 Å². The summed E-state index contributed by atoms with van der Waals surface area (Å²) in [7, 11) is 0. The van der Waals surface area contributed by atoms with Gasteiger partial charge < -0.3 is 10.2 Å². The third-order valence-electron chi connectivity index (χ3n) is 5.64. The van der Waals surface area contributed by atoms with Crippen LogP contribution in [0.15, 0.2) is 54.6 Å². The van der Waals surface area contributed by atoms with Gasteiger partial charge in [-0.3, -0.25) is 9.59 Å².